The fraction of sp³-hybridized carbons (Fsp3) is 0.450. The highest BCUT2D eigenvalue weighted by molar-refractivity contribution is 5.67. The van der Waals surface area contributed by atoms with Crippen molar-refractivity contribution in [1.29, 1.82) is 0 Å². The molecule has 0 aromatic carbocycles. The molecule has 0 heterocycles. The van der Waals surface area contributed by atoms with Crippen molar-refractivity contribution < 1.29 is 9.63 Å². The van der Waals surface area contributed by atoms with Gasteiger partial charge in [0.2, 0.25) is 0 Å². The molecule has 0 aromatic rings. The molecule has 4 nitrogen and oxygen atoms in total. The second-order valence-corrected chi connectivity index (χ2v) is 6.76. The molecule has 1 aliphatic carbocycles. The summed E-state index contributed by atoms with van der Waals surface area (Å²) in [5.41, 5.74) is 4.82. The lowest BCUT2D eigenvalue weighted by molar-refractivity contribution is -0.104. The van der Waals surface area contributed by atoms with Gasteiger partial charge in [-0.1, -0.05) is 55.4 Å². The molecule has 0 radical (unpaired) electrons. The molecule has 1 rings (SSSR count). The lowest BCUT2D eigenvalue weighted by atomic mass is 9.72. The van der Waals surface area contributed by atoms with Crippen molar-refractivity contribution >= 4 is 6.29 Å². The van der Waals surface area contributed by atoms with Crippen LogP contribution in [0.4, 0.5) is 0 Å². The van der Waals surface area contributed by atoms with Gasteiger partial charge >= 0.3 is 0 Å². The molecular formula is C20H27NO3. The van der Waals surface area contributed by atoms with Crippen molar-refractivity contribution in [2.24, 2.45) is 10.8 Å². The molecule has 0 saturated heterocycles. The monoisotopic (exact) mass is 329 g/mol. The van der Waals surface area contributed by atoms with Crippen LogP contribution in [0.1, 0.15) is 47.0 Å². The molecule has 0 N–H and O–H groups in total. The maximum absolute atomic E-state index is 10.5. The highest BCUT2D eigenvalue weighted by Crippen LogP contribution is 2.40. The molecule has 0 saturated carbocycles. The first-order valence-electron chi connectivity index (χ1n) is 8.23. The Labute approximate surface area is 144 Å². The second-order valence-electron chi connectivity index (χ2n) is 6.76. The van der Waals surface area contributed by atoms with E-state index >= 15 is 0 Å². The van der Waals surface area contributed by atoms with Crippen molar-refractivity contribution in [1.82, 2.24) is 0 Å². The van der Waals surface area contributed by atoms with Crippen LogP contribution in [-0.4, -0.2) is 12.9 Å². The third-order valence-corrected chi connectivity index (χ3v) is 4.29. The van der Waals surface area contributed by atoms with E-state index in [0.29, 0.717) is 11.9 Å². The van der Waals surface area contributed by atoms with E-state index in [1.54, 1.807) is 6.08 Å². The van der Waals surface area contributed by atoms with Gasteiger partial charge < -0.3 is 4.84 Å². The first kappa shape index (κ1) is 19.8. The van der Waals surface area contributed by atoms with E-state index in [9.17, 15) is 9.70 Å². The average Bonchev–Trinajstić information content (AvgIpc) is 2.51. The maximum atomic E-state index is 10.5. The van der Waals surface area contributed by atoms with Gasteiger partial charge in [0, 0.05) is 0 Å². The van der Waals surface area contributed by atoms with Gasteiger partial charge in [0.15, 0.2) is 5.34 Å². The predicted molar refractivity (Wildman–Crippen MR) is 98.3 cm³/mol. The Balaban J connectivity index is 2.79. The summed E-state index contributed by atoms with van der Waals surface area (Å²) in [7, 11) is 0. The zero-order chi connectivity index (χ0) is 18.0. The van der Waals surface area contributed by atoms with Gasteiger partial charge in [-0.15, -0.1) is 4.91 Å². The van der Waals surface area contributed by atoms with Gasteiger partial charge in [0.05, 0.1) is 0 Å². The Morgan fingerprint density at radius 2 is 2.04 bits per heavy atom. The standard InChI is InChI=1S/C20H27NO3/c1-16(7-5-9-18(12-14-22)15-24-21-23)10-11-19-17(2)8-6-13-20(19,3)4/h5,7,9-12,14H,6,8,13,15H2,1-4H3/b9-5+,11-10+,16-7+,18-12+. The highest BCUT2D eigenvalue weighted by atomic mass is 16.7. The van der Waals surface area contributed by atoms with Gasteiger partial charge in [-0.3, -0.25) is 4.79 Å². The number of aldehydes is 1. The van der Waals surface area contributed by atoms with Crippen LogP contribution in [0.3, 0.4) is 0 Å². The number of allylic oxidation sites excluding steroid dienone is 8. The van der Waals surface area contributed by atoms with Gasteiger partial charge in [-0.2, -0.15) is 0 Å². The number of carbonyl (C=O) groups is 1. The van der Waals surface area contributed by atoms with Crippen LogP contribution in [0.15, 0.2) is 64.1 Å². The second kappa shape index (κ2) is 9.81. The van der Waals surface area contributed by atoms with Crippen molar-refractivity contribution in [2.45, 2.75) is 47.0 Å². The summed E-state index contributed by atoms with van der Waals surface area (Å²) in [6, 6.07) is 0. The lowest BCUT2D eigenvalue weighted by Gasteiger charge is -2.32. The van der Waals surface area contributed by atoms with Crippen LogP contribution in [0.25, 0.3) is 0 Å². The minimum Gasteiger partial charge on any atom is -0.359 e. The molecule has 0 bridgehead atoms. The van der Waals surface area contributed by atoms with Crippen molar-refractivity contribution in [3.05, 3.63) is 63.7 Å². The Morgan fingerprint density at radius 3 is 2.67 bits per heavy atom. The van der Waals surface area contributed by atoms with Crippen LogP contribution >= 0.6 is 0 Å². The molecule has 0 atom stereocenters. The summed E-state index contributed by atoms with van der Waals surface area (Å²) >= 11 is 0. The summed E-state index contributed by atoms with van der Waals surface area (Å²) in [6.45, 7) is 8.83. The summed E-state index contributed by atoms with van der Waals surface area (Å²) in [5, 5.41) is 2.33. The number of hydrogen-bond acceptors (Lipinski definition) is 4. The summed E-state index contributed by atoms with van der Waals surface area (Å²) < 4.78 is 0. The van der Waals surface area contributed by atoms with Gasteiger partial charge in [-0.05, 0) is 55.7 Å². The minimum atomic E-state index is -0.0122. The molecular weight excluding hydrogens is 302 g/mol. The quantitative estimate of drug-likeness (QED) is 0.197. The SMILES string of the molecule is CC1=C(/C=C/C(C)=C/C=C/C(=C\C=O)CON=O)C(C)(C)CCC1. The molecule has 24 heavy (non-hydrogen) atoms. The van der Waals surface area contributed by atoms with Crippen molar-refractivity contribution in [3.63, 3.8) is 0 Å². The van der Waals surface area contributed by atoms with E-state index in [2.05, 4.69) is 43.1 Å². The molecule has 130 valence electrons. The summed E-state index contributed by atoms with van der Waals surface area (Å²) in [5.74, 6) is 0. The lowest BCUT2D eigenvalue weighted by Crippen LogP contribution is -2.19. The van der Waals surface area contributed by atoms with E-state index in [1.807, 2.05) is 19.1 Å². The smallest absolute Gasteiger partial charge is 0.155 e. The number of hydrogen-bond donors (Lipinski definition) is 0. The van der Waals surface area contributed by atoms with Crippen LogP contribution in [0, 0.1) is 10.3 Å². The fourth-order valence-electron chi connectivity index (χ4n) is 2.94. The topological polar surface area (TPSA) is 55.7 Å². The normalized spacial score (nSPS) is 19.2. The fourth-order valence-corrected chi connectivity index (χ4v) is 2.94. The van der Waals surface area contributed by atoms with E-state index in [0.717, 1.165) is 5.57 Å². The molecule has 0 amide bonds. The Bertz CT molecular complexity index is 604. The first-order valence-corrected chi connectivity index (χ1v) is 8.23. The van der Waals surface area contributed by atoms with Crippen LogP contribution in [0.5, 0.6) is 0 Å². The third kappa shape index (κ3) is 6.49. The largest absolute Gasteiger partial charge is 0.359 e. The molecule has 4 heteroatoms. The Morgan fingerprint density at radius 1 is 1.29 bits per heavy atom. The number of nitrogens with zero attached hydrogens (tertiary/aromatic N) is 1. The van der Waals surface area contributed by atoms with Crippen molar-refractivity contribution in [2.75, 3.05) is 6.61 Å². The molecule has 0 fully saturated rings. The van der Waals surface area contributed by atoms with Crippen LogP contribution in [0.2, 0.25) is 0 Å². The summed E-state index contributed by atoms with van der Waals surface area (Å²) in [4.78, 5) is 24.9. The summed E-state index contributed by atoms with van der Waals surface area (Å²) in [6.07, 6.45) is 15.5. The molecule has 0 spiro atoms. The van der Waals surface area contributed by atoms with E-state index in [4.69, 9.17) is 0 Å². The van der Waals surface area contributed by atoms with Gasteiger partial charge in [-0.25, -0.2) is 0 Å². The minimum absolute atomic E-state index is 0.0122. The van der Waals surface area contributed by atoms with E-state index in [1.165, 1.54) is 36.5 Å². The molecule has 1 aliphatic rings. The number of rotatable bonds is 8. The van der Waals surface area contributed by atoms with Crippen molar-refractivity contribution in [3.8, 4) is 0 Å². The first-order chi connectivity index (χ1) is 11.4. The van der Waals surface area contributed by atoms with Crippen LogP contribution in [-0.2, 0) is 9.63 Å². The van der Waals surface area contributed by atoms with Crippen LogP contribution < -0.4 is 0 Å². The average molecular weight is 329 g/mol. The Hall–Kier alpha value is -2.23. The molecule has 0 aliphatic heterocycles. The Kier molecular flexibility index (Phi) is 8.10. The predicted octanol–water partition coefficient (Wildman–Crippen LogP) is 5.40. The maximum Gasteiger partial charge on any atom is 0.155 e. The van der Waals surface area contributed by atoms with E-state index < -0.39 is 0 Å². The van der Waals surface area contributed by atoms with E-state index in [-0.39, 0.29) is 12.0 Å². The van der Waals surface area contributed by atoms with Gasteiger partial charge in [0.25, 0.3) is 0 Å². The molecule has 0 aromatic heterocycles. The van der Waals surface area contributed by atoms with Gasteiger partial charge in [0.1, 0.15) is 12.9 Å². The number of carbonyl (C=O) groups excluding carboxylic acids is 1. The zero-order valence-corrected chi connectivity index (χ0v) is 15.0. The zero-order valence-electron chi connectivity index (χ0n) is 15.0. The molecule has 0 unspecified atom stereocenters. The highest BCUT2D eigenvalue weighted by Gasteiger charge is 2.26. The third-order valence-electron chi connectivity index (χ3n) is 4.29.